The van der Waals surface area contributed by atoms with Crippen molar-refractivity contribution >= 4 is 5.97 Å². The van der Waals surface area contributed by atoms with Crippen molar-refractivity contribution in [2.24, 2.45) is 0 Å². The Balaban J connectivity index is 2.53. The molecule has 1 unspecified atom stereocenters. The first-order valence-electron chi connectivity index (χ1n) is 6.66. The molecule has 1 aliphatic heterocycles. The predicted molar refractivity (Wildman–Crippen MR) is 69.2 cm³/mol. The number of hydrogen-bond donors (Lipinski definition) is 1. The van der Waals surface area contributed by atoms with E-state index in [4.69, 9.17) is 5.11 Å². The summed E-state index contributed by atoms with van der Waals surface area (Å²) in [6.07, 6.45) is 3.83. The lowest BCUT2D eigenvalue weighted by Gasteiger charge is -2.34. The molecule has 1 saturated heterocycles. The summed E-state index contributed by atoms with van der Waals surface area (Å²) in [5, 5.41) is 8.81. The number of carboxylic acid groups (broad SMARTS) is 1. The van der Waals surface area contributed by atoms with Crippen molar-refractivity contribution in [1.29, 1.82) is 0 Å². The van der Waals surface area contributed by atoms with E-state index < -0.39 is 5.97 Å². The van der Waals surface area contributed by atoms with Crippen molar-refractivity contribution in [3.8, 4) is 0 Å². The minimum Gasteiger partial charge on any atom is -0.481 e. The SMILES string of the molecule is CC(C)N(CCC(=O)O)C1CCCN(C)CC1. The van der Waals surface area contributed by atoms with Gasteiger partial charge in [0.2, 0.25) is 0 Å². The van der Waals surface area contributed by atoms with Crippen LogP contribution in [-0.2, 0) is 4.79 Å². The van der Waals surface area contributed by atoms with Gasteiger partial charge in [-0.1, -0.05) is 0 Å². The summed E-state index contributed by atoms with van der Waals surface area (Å²) >= 11 is 0. The van der Waals surface area contributed by atoms with Crippen molar-refractivity contribution in [2.45, 2.75) is 51.6 Å². The molecule has 0 aromatic rings. The lowest BCUT2D eigenvalue weighted by Crippen LogP contribution is -2.42. The summed E-state index contributed by atoms with van der Waals surface area (Å²) in [7, 11) is 2.17. The summed E-state index contributed by atoms with van der Waals surface area (Å²) < 4.78 is 0. The zero-order valence-corrected chi connectivity index (χ0v) is 11.4. The van der Waals surface area contributed by atoms with E-state index in [0.717, 1.165) is 13.0 Å². The number of nitrogens with zero attached hydrogens (tertiary/aromatic N) is 2. The molecule has 0 aromatic heterocycles. The molecule has 0 amide bonds. The Kier molecular flexibility index (Phi) is 5.92. The Morgan fingerprint density at radius 3 is 2.71 bits per heavy atom. The van der Waals surface area contributed by atoms with Crippen LogP contribution in [0.3, 0.4) is 0 Å². The van der Waals surface area contributed by atoms with Crippen molar-refractivity contribution < 1.29 is 9.90 Å². The Morgan fingerprint density at radius 1 is 1.41 bits per heavy atom. The van der Waals surface area contributed by atoms with Crippen molar-refractivity contribution in [3.05, 3.63) is 0 Å². The molecule has 17 heavy (non-hydrogen) atoms. The largest absolute Gasteiger partial charge is 0.481 e. The average Bonchev–Trinajstić information content (AvgIpc) is 2.43. The molecular weight excluding hydrogens is 216 g/mol. The van der Waals surface area contributed by atoms with Crippen LogP contribution in [0.5, 0.6) is 0 Å². The summed E-state index contributed by atoms with van der Waals surface area (Å²) in [6, 6.07) is 0.988. The monoisotopic (exact) mass is 242 g/mol. The fourth-order valence-electron chi connectivity index (χ4n) is 2.64. The van der Waals surface area contributed by atoms with E-state index in [1.54, 1.807) is 0 Å². The molecule has 0 bridgehead atoms. The molecule has 1 atom stereocenters. The Hall–Kier alpha value is -0.610. The van der Waals surface area contributed by atoms with Crippen molar-refractivity contribution in [1.82, 2.24) is 9.80 Å². The first kappa shape index (κ1) is 14.5. The summed E-state index contributed by atoms with van der Waals surface area (Å²) in [4.78, 5) is 15.4. The van der Waals surface area contributed by atoms with Gasteiger partial charge in [0.15, 0.2) is 0 Å². The Morgan fingerprint density at radius 2 is 2.12 bits per heavy atom. The number of aliphatic carboxylic acids is 1. The number of likely N-dealkylation sites (tertiary alicyclic amines) is 1. The van der Waals surface area contributed by atoms with Crippen LogP contribution >= 0.6 is 0 Å². The third kappa shape index (κ3) is 5.04. The third-order valence-electron chi connectivity index (χ3n) is 3.64. The molecule has 4 nitrogen and oxygen atoms in total. The number of hydrogen-bond acceptors (Lipinski definition) is 3. The minimum absolute atomic E-state index is 0.254. The quantitative estimate of drug-likeness (QED) is 0.796. The molecule has 0 aliphatic carbocycles. The molecule has 0 aromatic carbocycles. The maximum absolute atomic E-state index is 10.7. The van der Waals surface area contributed by atoms with Gasteiger partial charge in [-0.15, -0.1) is 0 Å². The van der Waals surface area contributed by atoms with E-state index in [2.05, 4.69) is 30.7 Å². The first-order chi connectivity index (χ1) is 8.00. The molecule has 1 N–H and O–H groups in total. The van der Waals surface area contributed by atoms with E-state index in [1.165, 1.54) is 19.4 Å². The smallest absolute Gasteiger partial charge is 0.304 e. The summed E-state index contributed by atoms with van der Waals surface area (Å²) in [5.41, 5.74) is 0. The third-order valence-corrected chi connectivity index (χ3v) is 3.64. The second kappa shape index (κ2) is 6.97. The van der Waals surface area contributed by atoms with Crippen LogP contribution in [0.25, 0.3) is 0 Å². The second-order valence-electron chi connectivity index (χ2n) is 5.36. The molecule has 0 spiro atoms. The molecule has 0 radical (unpaired) electrons. The fraction of sp³-hybridized carbons (Fsp3) is 0.923. The highest BCUT2D eigenvalue weighted by atomic mass is 16.4. The predicted octanol–water partition coefficient (Wildman–Crippen LogP) is 1.66. The van der Waals surface area contributed by atoms with E-state index in [9.17, 15) is 4.79 Å². The van der Waals surface area contributed by atoms with Gasteiger partial charge in [0.05, 0.1) is 6.42 Å². The topological polar surface area (TPSA) is 43.8 Å². The molecule has 100 valence electrons. The summed E-state index contributed by atoms with van der Waals surface area (Å²) in [6.45, 7) is 7.30. The molecule has 1 fully saturated rings. The molecule has 1 heterocycles. The van der Waals surface area contributed by atoms with E-state index in [-0.39, 0.29) is 6.42 Å². The van der Waals surface area contributed by atoms with E-state index >= 15 is 0 Å². The highest BCUT2D eigenvalue weighted by Gasteiger charge is 2.23. The van der Waals surface area contributed by atoms with Gasteiger partial charge < -0.3 is 10.0 Å². The molecule has 0 saturated carbocycles. The molecular formula is C13H26N2O2. The Labute approximate surface area is 105 Å². The molecule has 4 heteroatoms. The van der Waals surface area contributed by atoms with Crippen LogP contribution in [0.2, 0.25) is 0 Å². The number of carbonyl (C=O) groups is 1. The van der Waals surface area contributed by atoms with Gasteiger partial charge >= 0.3 is 5.97 Å². The van der Waals surface area contributed by atoms with Gasteiger partial charge in [-0.3, -0.25) is 9.69 Å². The zero-order valence-electron chi connectivity index (χ0n) is 11.4. The minimum atomic E-state index is -0.693. The van der Waals surface area contributed by atoms with Gasteiger partial charge in [0.1, 0.15) is 0 Å². The average molecular weight is 242 g/mol. The van der Waals surface area contributed by atoms with Crippen molar-refractivity contribution in [3.63, 3.8) is 0 Å². The highest BCUT2D eigenvalue weighted by Crippen LogP contribution is 2.18. The maximum Gasteiger partial charge on any atom is 0.304 e. The van der Waals surface area contributed by atoms with Gasteiger partial charge in [0, 0.05) is 18.6 Å². The highest BCUT2D eigenvalue weighted by molar-refractivity contribution is 5.66. The number of rotatable bonds is 5. The lowest BCUT2D eigenvalue weighted by molar-refractivity contribution is -0.137. The second-order valence-corrected chi connectivity index (χ2v) is 5.36. The van der Waals surface area contributed by atoms with Crippen LogP contribution in [-0.4, -0.2) is 59.6 Å². The number of carboxylic acids is 1. The van der Waals surface area contributed by atoms with Gasteiger partial charge in [0.25, 0.3) is 0 Å². The van der Waals surface area contributed by atoms with E-state index in [0.29, 0.717) is 18.6 Å². The van der Waals surface area contributed by atoms with E-state index in [1.807, 2.05) is 0 Å². The van der Waals surface area contributed by atoms with Gasteiger partial charge in [-0.05, 0) is 53.2 Å². The normalized spacial score (nSPS) is 23.0. The maximum atomic E-state index is 10.7. The van der Waals surface area contributed by atoms with Gasteiger partial charge in [-0.2, -0.15) is 0 Å². The first-order valence-corrected chi connectivity index (χ1v) is 6.66. The van der Waals surface area contributed by atoms with Crippen LogP contribution in [0, 0.1) is 0 Å². The van der Waals surface area contributed by atoms with Crippen LogP contribution in [0.1, 0.15) is 39.5 Å². The van der Waals surface area contributed by atoms with Gasteiger partial charge in [-0.25, -0.2) is 0 Å². The van der Waals surface area contributed by atoms with Crippen LogP contribution in [0.15, 0.2) is 0 Å². The molecule has 1 aliphatic rings. The molecule has 1 rings (SSSR count). The van der Waals surface area contributed by atoms with Crippen LogP contribution in [0.4, 0.5) is 0 Å². The Bertz CT molecular complexity index is 244. The van der Waals surface area contributed by atoms with Crippen LogP contribution < -0.4 is 0 Å². The zero-order chi connectivity index (χ0) is 12.8. The standard InChI is InChI=1S/C13H26N2O2/c1-11(2)15(10-7-13(16)17)12-5-4-8-14(3)9-6-12/h11-12H,4-10H2,1-3H3,(H,16,17). The lowest BCUT2D eigenvalue weighted by atomic mass is 10.1. The van der Waals surface area contributed by atoms with Crippen molar-refractivity contribution in [2.75, 3.05) is 26.7 Å². The fourth-order valence-corrected chi connectivity index (χ4v) is 2.64. The summed E-state index contributed by atoms with van der Waals surface area (Å²) in [5.74, 6) is -0.693.